The minimum atomic E-state index is -0.738. The van der Waals surface area contributed by atoms with Crippen LogP contribution in [0.4, 0.5) is 4.39 Å². The van der Waals surface area contributed by atoms with Crippen LogP contribution < -0.4 is 14.9 Å². The van der Waals surface area contributed by atoms with E-state index in [9.17, 15) is 14.0 Å². The zero-order valence-corrected chi connectivity index (χ0v) is 19.9. The summed E-state index contributed by atoms with van der Waals surface area (Å²) in [5, 5.41) is 3.91. The first-order valence-electron chi connectivity index (χ1n) is 9.30. The zero-order valence-electron chi connectivity index (χ0n) is 16.8. The van der Waals surface area contributed by atoms with Crippen LogP contribution in [-0.4, -0.2) is 24.7 Å². The van der Waals surface area contributed by atoms with Crippen LogP contribution in [-0.2, 0) is 4.79 Å². The standard InChI is InChI=1S/C23H17Br2FN2O4/c1-14-4-2-7-19(8-14)31-13-21(29)28-27-12-16-9-17(24)11-20(25)22(16)32-23(30)15-5-3-6-18(26)10-15/h2-12H,13H2,1H3,(H,28,29). The summed E-state index contributed by atoms with van der Waals surface area (Å²) in [6.07, 6.45) is 1.33. The topological polar surface area (TPSA) is 77.0 Å². The molecule has 3 aromatic rings. The molecule has 3 aromatic carbocycles. The highest BCUT2D eigenvalue weighted by atomic mass is 79.9. The molecule has 6 nitrogen and oxygen atoms in total. The van der Waals surface area contributed by atoms with E-state index in [2.05, 4.69) is 42.4 Å². The molecule has 0 spiro atoms. The van der Waals surface area contributed by atoms with Crippen molar-refractivity contribution in [1.82, 2.24) is 5.43 Å². The minimum Gasteiger partial charge on any atom is -0.484 e. The normalized spacial score (nSPS) is 10.8. The van der Waals surface area contributed by atoms with E-state index in [4.69, 9.17) is 9.47 Å². The Balaban J connectivity index is 1.68. The average Bonchev–Trinajstić information content (AvgIpc) is 2.74. The first-order chi connectivity index (χ1) is 15.3. The molecule has 0 aromatic heterocycles. The van der Waals surface area contributed by atoms with E-state index in [1.54, 1.807) is 18.2 Å². The first-order valence-corrected chi connectivity index (χ1v) is 10.9. The number of nitrogens with zero attached hydrogens (tertiary/aromatic N) is 1. The smallest absolute Gasteiger partial charge is 0.343 e. The van der Waals surface area contributed by atoms with Crippen molar-refractivity contribution in [2.24, 2.45) is 5.10 Å². The number of nitrogens with one attached hydrogen (secondary N) is 1. The Morgan fingerprint density at radius 3 is 2.62 bits per heavy atom. The van der Waals surface area contributed by atoms with E-state index < -0.39 is 17.7 Å². The van der Waals surface area contributed by atoms with E-state index in [-0.39, 0.29) is 17.9 Å². The number of carbonyl (C=O) groups excluding carboxylic acids is 2. The second-order valence-corrected chi connectivity index (χ2v) is 8.37. The summed E-state index contributed by atoms with van der Waals surface area (Å²) in [6.45, 7) is 1.70. The molecule has 0 fully saturated rings. The van der Waals surface area contributed by atoms with Crippen molar-refractivity contribution in [3.05, 3.63) is 92.1 Å². The number of ether oxygens (including phenoxy) is 2. The number of esters is 1. The third-order valence-electron chi connectivity index (χ3n) is 4.04. The van der Waals surface area contributed by atoms with Gasteiger partial charge in [-0.15, -0.1) is 0 Å². The van der Waals surface area contributed by atoms with Gasteiger partial charge in [-0.25, -0.2) is 14.6 Å². The quantitative estimate of drug-likeness (QED) is 0.180. The molecule has 9 heteroatoms. The molecule has 0 bridgehead atoms. The summed E-state index contributed by atoms with van der Waals surface area (Å²) in [5.74, 6) is -1.01. The zero-order chi connectivity index (χ0) is 23.1. The Morgan fingerprint density at radius 2 is 1.88 bits per heavy atom. The van der Waals surface area contributed by atoms with Crippen LogP contribution >= 0.6 is 31.9 Å². The first kappa shape index (κ1) is 23.6. The molecule has 0 saturated carbocycles. The lowest BCUT2D eigenvalue weighted by atomic mass is 10.2. The average molecular weight is 564 g/mol. The van der Waals surface area contributed by atoms with Gasteiger partial charge < -0.3 is 9.47 Å². The van der Waals surface area contributed by atoms with Gasteiger partial charge in [0.1, 0.15) is 11.6 Å². The molecule has 3 rings (SSSR count). The van der Waals surface area contributed by atoms with Gasteiger partial charge in [-0.1, -0.05) is 34.1 Å². The van der Waals surface area contributed by atoms with Crippen molar-refractivity contribution < 1.29 is 23.5 Å². The number of carbonyl (C=O) groups is 2. The van der Waals surface area contributed by atoms with Gasteiger partial charge in [-0.2, -0.15) is 5.10 Å². The lowest BCUT2D eigenvalue weighted by Crippen LogP contribution is -2.24. The highest BCUT2D eigenvalue weighted by Gasteiger charge is 2.16. The highest BCUT2D eigenvalue weighted by molar-refractivity contribution is 9.11. The van der Waals surface area contributed by atoms with Crippen molar-refractivity contribution >= 4 is 50.0 Å². The molecule has 0 aliphatic rings. The van der Waals surface area contributed by atoms with Gasteiger partial charge in [-0.3, -0.25) is 4.79 Å². The van der Waals surface area contributed by atoms with E-state index in [1.165, 1.54) is 24.4 Å². The lowest BCUT2D eigenvalue weighted by Gasteiger charge is -2.11. The summed E-state index contributed by atoms with van der Waals surface area (Å²) in [6, 6.07) is 15.8. The molecular weight excluding hydrogens is 547 g/mol. The summed E-state index contributed by atoms with van der Waals surface area (Å²) in [5.41, 5.74) is 3.83. The fourth-order valence-corrected chi connectivity index (χ4v) is 3.95. The molecule has 0 heterocycles. The van der Waals surface area contributed by atoms with Gasteiger partial charge in [0.2, 0.25) is 0 Å². The Hall–Kier alpha value is -3.04. The van der Waals surface area contributed by atoms with Gasteiger partial charge in [-0.05, 0) is 70.9 Å². The SMILES string of the molecule is Cc1cccc(OCC(=O)NN=Cc2cc(Br)cc(Br)c2OC(=O)c2cccc(F)c2)c1. The highest BCUT2D eigenvalue weighted by Crippen LogP contribution is 2.32. The number of hydrogen-bond donors (Lipinski definition) is 1. The lowest BCUT2D eigenvalue weighted by molar-refractivity contribution is -0.123. The Kier molecular flexibility index (Phi) is 8.13. The van der Waals surface area contributed by atoms with Gasteiger partial charge in [0.15, 0.2) is 12.4 Å². The molecule has 1 amide bonds. The number of aryl methyl sites for hydroxylation is 1. The molecule has 164 valence electrons. The maximum Gasteiger partial charge on any atom is 0.343 e. The monoisotopic (exact) mass is 562 g/mol. The molecule has 0 aliphatic heterocycles. The fraction of sp³-hybridized carbons (Fsp3) is 0.0870. The molecular formula is C23H17Br2FN2O4. The number of hydrazone groups is 1. The summed E-state index contributed by atoms with van der Waals surface area (Å²) in [4.78, 5) is 24.4. The number of benzene rings is 3. The van der Waals surface area contributed by atoms with E-state index >= 15 is 0 Å². The molecule has 0 aliphatic carbocycles. The molecule has 0 unspecified atom stereocenters. The molecule has 0 radical (unpaired) electrons. The molecule has 0 atom stereocenters. The van der Waals surface area contributed by atoms with Crippen molar-refractivity contribution in [3.63, 3.8) is 0 Å². The van der Waals surface area contributed by atoms with Crippen LogP contribution in [0.3, 0.4) is 0 Å². The third kappa shape index (κ3) is 6.73. The summed E-state index contributed by atoms with van der Waals surface area (Å²) < 4.78 is 25.4. The van der Waals surface area contributed by atoms with Crippen molar-refractivity contribution in [2.45, 2.75) is 6.92 Å². The Morgan fingerprint density at radius 1 is 1.09 bits per heavy atom. The van der Waals surface area contributed by atoms with Crippen molar-refractivity contribution in [2.75, 3.05) is 6.61 Å². The van der Waals surface area contributed by atoms with Gasteiger partial charge in [0, 0.05) is 10.0 Å². The molecule has 32 heavy (non-hydrogen) atoms. The maximum absolute atomic E-state index is 13.4. The summed E-state index contributed by atoms with van der Waals surface area (Å²) >= 11 is 6.70. The van der Waals surface area contributed by atoms with E-state index in [0.717, 1.165) is 11.6 Å². The second kappa shape index (κ2) is 11.0. The summed E-state index contributed by atoms with van der Waals surface area (Å²) in [7, 11) is 0. The minimum absolute atomic E-state index is 0.0595. The predicted octanol–water partition coefficient (Wildman–Crippen LogP) is 5.41. The van der Waals surface area contributed by atoms with Crippen LogP contribution in [0.5, 0.6) is 11.5 Å². The second-order valence-electron chi connectivity index (χ2n) is 6.60. The Labute approximate surface area is 200 Å². The molecule has 1 N–H and O–H groups in total. The van der Waals surface area contributed by atoms with Crippen molar-refractivity contribution in [1.29, 1.82) is 0 Å². The van der Waals surface area contributed by atoms with Gasteiger partial charge in [0.05, 0.1) is 16.3 Å². The van der Waals surface area contributed by atoms with Crippen LogP contribution in [0.1, 0.15) is 21.5 Å². The van der Waals surface area contributed by atoms with E-state index in [0.29, 0.717) is 20.3 Å². The molecule has 0 saturated heterocycles. The number of rotatable bonds is 7. The van der Waals surface area contributed by atoms with Crippen LogP contribution in [0.25, 0.3) is 0 Å². The maximum atomic E-state index is 13.4. The van der Waals surface area contributed by atoms with Crippen LogP contribution in [0.15, 0.2) is 74.7 Å². The number of hydrogen-bond acceptors (Lipinski definition) is 5. The largest absolute Gasteiger partial charge is 0.484 e. The van der Waals surface area contributed by atoms with Crippen LogP contribution in [0, 0.1) is 12.7 Å². The van der Waals surface area contributed by atoms with Gasteiger partial charge in [0.25, 0.3) is 5.91 Å². The Bertz CT molecular complexity index is 1180. The number of amides is 1. The third-order valence-corrected chi connectivity index (χ3v) is 5.09. The predicted molar refractivity (Wildman–Crippen MR) is 126 cm³/mol. The van der Waals surface area contributed by atoms with Gasteiger partial charge >= 0.3 is 5.97 Å². The van der Waals surface area contributed by atoms with Crippen LogP contribution in [0.2, 0.25) is 0 Å². The fourth-order valence-electron chi connectivity index (χ4n) is 2.61. The van der Waals surface area contributed by atoms with E-state index in [1.807, 2.05) is 25.1 Å². The number of halogens is 3. The van der Waals surface area contributed by atoms with Crippen molar-refractivity contribution in [3.8, 4) is 11.5 Å².